The standard InChI is InChI=1S/C14H9ClN2O5/c15-11-7-8(17(21)22)5-6-12(11)16-13(18)9-3-1-2-4-10(9)14(19)20/h1-7H,(H2-,16,18,19,20,21,22)/p+1. The molecule has 2 aromatic rings. The van der Waals surface area contributed by atoms with Gasteiger partial charge >= 0.3 is 11.7 Å². The molecule has 0 aliphatic heterocycles. The van der Waals surface area contributed by atoms with Crippen LogP contribution in [0.5, 0.6) is 0 Å². The second-order valence-electron chi connectivity index (χ2n) is 4.24. The van der Waals surface area contributed by atoms with E-state index < -0.39 is 11.9 Å². The normalized spacial score (nSPS) is 10.0. The molecule has 2 aromatic carbocycles. The maximum absolute atomic E-state index is 12.2. The average molecular weight is 322 g/mol. The summed E-state index contributed by atoms with van der Waals surface area (Å²) < 4.78 is 0. The number of nitrogens with zero attached hydrogens (tertiary/aromatic N) is 1. The average Bonchev–Trinajstić information content (AvgIpc) is 2.48. The second kappa shape index (κ2) is 6.23. The largest absolute Gasteiger partial charge is 0.478 e. The minimum Gasteiger partial charge on any atom is -0.478 e. The summed E-state index contributed by atoms with van der Waals surface area (Å²) in [6, 6.07) is 9.45. The number of hydrogen-bond acceptors (Lipinski definition) is 3. The van der Waals surface area contributed by atoms with Gasteiger partial charge in [0.25, 0.3) is 10.8 Å². The molecule has 0 aliphatic carbocycles. The summed E-state index contributed by atoms with van der Waals surface area (Å²) >= 11 is 5.90. The van der Waals surface area contributed by atoms with Gasteiger partial charge in [-0.25, -0.2) is 10.0 Å². The van der Waals surface area contributed by atoms with E-state index in [1.165, 1.54) is 36.4 Å². The number of amides is 1. The molecule has 2 rings (SSSR count). The Bertz CT molecular complexity index is 776. The van der Waals surface area contributed by atoms with Crippen molar-refractivity contribution in [3.8, 4) is 0 Å². The molecule has 0 aliphatic rings. The highest BCUT2D eigenvalue weighted by atomic mass is 35.5. The fourth-order valence-corrected chi connectivity index (χ4v) is 2.00. The first-order chi connectivity index (χ1) is 10.4. The molecule has 0 radical (unpaired) electrons. The fourth-order valence-electron chi connectivity index (χ4n) is 1.78. The van der Waals surface area contributed by atoms with E-state index in [0.717, 1.165) is 6.07 Å². The highest BCUT2D eigenvalue weighted by molar-refractivity contribution is 6.34. The number of aromatic carboxylic acids is 1. The van der Waals surface area contributed by atoms with E-state index in [4.69, 9.17) is 21.9 Å². The Hall–Kier alpha value is -2.93. The molecule has 0 atom stereocenters. The maximum atomic E-state index is 12.2. The van der Waals surface area contributed by atoms with Crippen LogP contribution >= 0.6 is 11.6 Å². The molecule has 8 heteroatoms. The van der Waals surface area contributed by atoms with Crippen LogP contribution in [-0.4, -0.2) is 27.1 Å². The van der Waals surface area contributed by atoms with Gasteiger partial charge in [0.15, 0.2) is 0 Å². The molecule has 112 valence electrons. The van der Waals surface area contributed by atoms with Crippen LogP contribution in [0.2, 0.25) is 5.02 Å². The lowest BCUT2D eigenvalue weighted by Crippen LogP contribution is -2.16. The Morgan fingerprint density at radius 3 is 2.27 bits per heavy atom. The number of nitrogens with one attached hydrogen (secondary N) is 1. The van der Waals surface area contributed by atoms with Crippen molar-refractivity contribution in [2.75, 3.05) is 5.32 Å². The number of anilines is 1. The molecule has 0 spiro atoms. The molecule has 0 fully saturated rings. The summed E-state index contributed by atoms with van der Waals surface area (Å²) in [5.41, 5.74) is -0.0945. The van der Waals surface area contributed by atoms with Crippen molar-refractivity contribution in [1.82, 2.24) is 0 Å². The number of carboxylic acid groups (broad SMARTS) is 1. The van der Waals surface area contributed by atoms with Crippen LogP contribution in [0.3, 0.4) is 0 Å². The molecule has 3 N–H and O–H groups in total. The van der Waals surface area contributed by atoms with Gasteiger partial charge in [0, 0.05) is 12.1 Å². The summed E-state index contributed by atoms with van der Waals surface area (Å²) in [6.45, 7) is 0. The van der Waals surface area contributed by atoms with E-state index in [0.29, 0.717) is 0 Å². The fraction of sp³-hybridized carbons (Fsp3) is 0. The number of rotatable bonds is 4. The SMILES string of the molecule is O=C(O)c1ccccc1C(=O)Nc1ccc([N+](=O)O)cc1Cl. The third-order valence-electron chi connectivity index (χ3n) is 2.82. The van der Waals surface area contributed by atoms with Crippen LogP contribution in [0.25, 0.3) is 0 Å². The first kappa shape index (κ1) is 15.5. The number of carboxylic acids is 1. The van der Waals surface area contributed by atoms with E-state index in [1.807, 2.05) is 0 Å². The first-order valence-corrected chi connectivity index (χ1v) is 6.37. The lowest BCUT2D eigenvalue weighted by Gasteiger charge is -2.08. The summed E-state index contributed by atoms with van der Waals surface area (Å²) in [6.07, 6.45) is 0. The molecule has 7 nitrogen and oxygen atoms in total. The van der Waals surface area contributed by atoms with Gasteiger partial charge in [-0.05, 0) is 18.2 Å². The van der Waals surface area contributed by atoms with Gasteiger partial charge in [0.05, 0.1) is 26.7 Å². The lowest BCUT2D eigenvalue weighted by molar-refractivity contribution is -0.729. The van der Waals surface area contributed by atoms with Gasteiger partial charge in [-0.15, -0.1) is 0 Å². The molecule has 0 saturated heterocycles. The number of benzene rings is 2. The Morgan fingerprint density at radius 2 is 1.73 bits per heavy atom. The van der Waals surface area contributed by atoms with Gasteiger partial charge in [-0.3, -0.25) is 4.79 Å². The summed E-state index contributed by atoms with van der Waals surface area (Å²) in [5.74, 6) is -1.88. The molecule has 0 heterocycles. The smallest absolute Gasteiger partial charge is 0.336 e. The number of halogens is 1. The van der Waals surface area contributed by atoms with E-state index in [-0.39, 0.29) is 32.4 Å². The lowest BCUT2D eigenvalue weighted by atomic mass is 10.1. The third-order valence-corrected chi connectivity index (χ3v) is 3.14. The van der Waals surface area contributed by atoms with Crippen LogP contribution in [-0.2, 0) is 0 Å². The van der Waals surface area contributed by atoms with E-state index in [2.05, 4.69) is 5.32 Å². The Kier molecular flexibility index (Phi) is 4.38. The van der Waals surface area contributed by atoms with Crippen LogP contribution < -0.4 is 5.32 Å². The predicted molar refractivity (Wildman–Crippen MR) is 77.9 cm³/mol. The summed E-state index contributed by atoms with van der Waals surface area (Å²) in [7, 11) is 0. The Balaban J connectivity index is 2.30. The van der Waals surface area contributed by atoms with Gasteiger partial charge in [-0.2, -0.15) is 0 Å². The maximum Gasteiger partial charge on any atom is 0.336 e. The highest BCUT2D eigenvalue weighted by Crippen LogP contribution is 2.27. The zero-order valence-electron chi connectivity index (χ0n) is 11.0. The van der Waals surface area contributed by atoms with Crippen molar-refractivity contribution in [2.24, 2.45) is 0 Å². The molecular weight excluding hydrogens is 312 g/mol. The molecule has 0 bridgehead atoms. The van der Waals surface area contributed by atoms with Crippen molar-refractivity contribution in [1.29, 1.82) is 0 Å². The highest BCUT2D eigenvalue weighted by Gasteiger charge is 2.18. The van der Waals surface area contributed by atoms with Crippen LogP contribution in [0.1, 0.15) is 20.7 Å². The Labute approximate surface area is 129 Å². The van der Waals surface area contributed by atoms with Crippen molar-refractivity contribution < 1.29 is 24.8 Å². The molecule has 0 saturated carbocycles. The van der Waals surface area contributed by atoms with Gasteiger partial charge in [-0.1, -0.05) is 23.7 Å². The van der Waals surface area contributed by atoms with E-state index in [9.17, 15) is 14.5 Å². The van der Waals surface area contributed by atoms with Crippen molar-refractivity contribution in [2.45, 2.75) is 0 Å². The van der Waals surface area contributed by atoms with Crippen LogP contribution in [0, 0.1) is 4.91 Å². The minimum atomic E-state index is -1.23. The number of hydrogen-bond donors (Lipinski definition) is 3. The predicted octanol–water partition coefficient (Wildman–Crippen LogP) is 3.09. The molecule has 1 amide bonds. The van der Waals surface area contributed by atoms with Gasteiger partial charge in [0.1, 0.15) is 0 Å². The van der Waals surface area contributed by atoms with Crippen molar-refractivity contribution in [3.63, 3.8) is 0 Å². The number of carbonyl (C=O) groups excluding carboxylic acids is 1. The van der Waals surface area contributed by atoms with Crippen LogP contribution in [0.4, 0.5) is 11.4 Å². The zero-order valence-corrected chi connectivity index (χ0v) is 11.7. The molecule has 22 heavy (non-hydrogen) atoms. The van der Waals surface area contributed by atoms with E-state index >= 15 is 0 Å². The number of carbonyl (C=O) groups is 2. The van der Waals surface area contributed by atoms with Gasteiger partial charge in [0.2, 0.25) is 0 Å². The molecule has 0 unspecified atom stereocenters. The van der Waals surface area contributed by atoms with Crippen molar-refractivity contribution >= 4 is 34.9 Å². The third kappa shape index (κ3) is 3.21. The quantitative estimate of drug-likeness (QED) is 0.750. The molecule has 0 aromatic heterocycles. The Morgan fingerprint density at radius 1 is 1.09 bits per heavy atom. The van der Waals surface area contributed by atoms with Gasteiger partial charge < -0.3 is 10.4 Å². The van der Waals surface area contributed by atoms with E-state index in [1.54, 1.807) is 0 Å². The topological polar surface area (TPSA) is 107 Å². The monoisotopic (exact) mass is 321 g/mol. The van der Waals surface area contributed by atoms with Crippen molar-refractivity contribution in [3.05, 3.63) is 63.5 Å². The summed E-state index contributed by atoms with van der Waals surface area (Å²) in [4.78, 5) is 33.6. The zero-order chi connectivity index (χ0) is 16.3. The molecular formula is C14H10ClN2O5+. The first-order valence-electron chi connectivity index (χ1n) is 5.99. The summed E-state index contributed by atoms with van der Waals surface area (Å²) in [5, 5.41) is 20.3. The van der Waals surface area contributed by atoms with Crippen LogP contribution in [0.15, 0.2) is 42.5 Å². The second-order valence-corrected chi connectivity index (χ2v) is 4.65. The minimum absolute atomic E-state index is 0.0218.